The summed E-state index contributed by atoms with van der Waals surface area (Å²) in [4.78, 5) is -1.52. The first-order chi connectivity index (χ1) is 3.24. The molecule has 0 aromatic carbocycles. The molecule has 0 saturated carbocycles. The fraction of sp³-hybridized carbons (Fsp3) is 0. The van der Waals surface area contributed by atoms with Crippen LogP contribution in [0.4, 0.5) is 21.3 Å². The standard InChI is InChI=1S/CN.6FH.Fe.Na.H/c1-2;;;;;;;;;/h;6*1H;;;/q;;;;;;;+6;;/p-6. The van der Waals surface area contributed by atoms with E-state index < -0.39 is 17.4 Å². The van der Waals surface area contributed by atoms with Crippen molar-refractivity contribution in [2.24, 2.45) is 0 Å². The van der Waals surface area contributed by atoms with Gasteiger partial charge >= 0.3 is 73.5 Å². The van der Waals surface area contributed by atoms with Crippen molar-refractivity contribution in [2.75, 3.05) is 0 Å². The first-order valence-electron chi connectivity index (χ1n) is 1.20. The van der Waals surface area contributed by atoms with E-state index in [0.29, 0.717) is 0 Å². The molecule has 0 atom stereocenters. The molecule has 0 heterocycles. The van der Waals surface area contributed by atoms with E-state index in [1.54, 1.807) is 0 Å². The van der Waals surface area contributed by atoms with Gasteiger partial charge < -0.3 is 0 Å². The van der Waals surface area contributed by atoms with Gasteiger partial charge in [-0.2, -0.15) is 0 Å². The fourth-order valence-corrected chi connectivity index (χ4v) is 0. The monoisotopic (exact) mass is 220 g/mol. The normalized spacial score (nSPS) is 21.9. The fourth-order valence-electron chi connectivity index (χ4n) is 0. The molecule has 0 amide bonds. The summed E-state index contributed by atoms with van der Waals surface area (Å²) in [6.45, 7) is 0. The molecule has 0 N–H and O–H groups in total. The zero-order chi connectivity index (χ0) is 8.09. The van der Waals surface area contributed by atoms with Crippen LogP contribution in [0.1, 0.15) is 0 Å². The maximum absolute atomic E-state index is 12.1. The molecule has 0 aliphatic carbocycles. The molecule has 0 aliphatic heterocycles. The van der Waals surface area contributed by atoms with Gasteiger partial charge in [-0.15, -0.1) is 0 Å². The van der Waals surface area contributed by atoms with E-state index in [9.17, 15) is 21.3 Å². The summed E-state index contributed by atoms with van der Waals surface area (Å²) in [6, 6.07) is 0. The zero-order valence-electron chi connectivity index (χ0n) is 3.57. The number of hydrogen-bond acceptors (Lipinski definition) is 1. The van der Waals surface area contributed by atoms with E-state index in [1.807, 2.05) is 0 Å². The van der Waals surface area contributed by atoms with E-state index in [4.69, 9.17) is 5.26 Å². The molecule has 0 aromatic heterocycles. The minimum absolute atomic E-state index is 0. The van der Waals surface area contributed by atoms with Crippen LogP contribution in [0, 0.1) is 10.2 Å². The molecule has 61 valence electrons. The molecular formula is CHF6FeNNa. The first-order valence-corrected chi connectivity index (χ1v) is 4.26. The summed E-state index contributed by atoms with van der Waals surface area (Å²) in [6.07, 6.45) is 0. The van der Waals surface area contributed by atoms with Gasteiger partial charge in [0.1, 0.15) is 0 Å². The van der Waals surface area contributed by atoms with Gasteiger partial charge in [0.05, 0.1) is 0 Å². The molecule has 1 nitrogen and oxygen atoms in total. The van der Waals surface area contributed by atoms with Crippen LogP contribution < -0.4 is 0 Å². The van der Waals surface area contributed by atoms with E-state index in [-0.39, 0.29) is 29.6 Å². The Hall–Kier alpha value is 0.589. The van der Waals surface area contributed by atoms with Gasteiger partial charge in [0.25, 0.3) is 0 Å². The summed E-state index contributed by atoms with van der Waals surface area (Å²) in [5.41, 5.74) is 0. The minimum atomic E-state index is -12.1. The van der Waals surface area contributed by atoms with E-state index in [1.165, 1.54) is 0 Å². The molecule has 0 unspecified atom stereocenters. The number of halogens is 6. The average Bonchev–Trinajstić information content (AvgIpc) is 1.27. The van der Waals surface area contributed by atoms with Gasteiger partial charge in [0.2, 0.25) is 0 Å². The van der Waals surface area contributed by atoms with Crippen molar-refractivity contribution >= 4 is 29.6 Å². The summed E-state index contributed by atoms with van der Waals surface area (Å²) in [7, 11) is 0. The first kappa shape index (κ1) is 13.2. The number of nitrogens with zero attached hydrogens (tertiary/aromatic N) is 1. The van der Waals surface area contributed by atoms with Crippen LogP contribution >= 0.6 is 0 Å². The molecule has 0 bridgehead atoms. The van der Waals surface area contributed by atoms with Gasteiger partial charge in [-0.05, 0) is 0 Å². The van der Waals surface area contributed by atoms with Gasteiger partial charge in [-0.3, -0.25) is 0 Å². The summed E-state index contributed by atoms with van der Waals surface area (Å²) < 4.78 is 63.8. The van der Waals surface area contributed by atoms with Crippen molar-refractivity contribution in [3.8, 4) is 4.97 Å². The Morgan fingerprint density at radius 3 is 1.00 bits per heavy atom. The summed E-state index contributed by atoms with van der Waals surface area (Å²) >= 11 is -12.1. The Morgan fingerprint density at radius 2 is 1.00 bits per heavy atom. The van der Waals surface area contributed by atoms with Crippen molar-refractivity contribution in [3.63, 3.8) is 0 Å². The van der Waals surface area contributed by atoms with Crippen LogP contribution in [-0.2, 0) is 12.4 Å². The van der Waals surface area contributed by atoms with Crippen LogP contribution in [0.25, 0.3) is 0 Å². The number of rotatable bonds is 0. The Morgan fingerprint density at radius 1 is 0.900 bits per heavy atom. The van der Waals surface area contributed by atoms with Crippen LogP contribution in [0.3, 0.4) is 0 Å². The molecule has 10 heavy (non-hydrogen) atoms. The average molecular weight is 220 g/mol. The molecule has 0 fully saturated rings. The molecule has 0 spiro atoms. The van der Waals surface area contributed by atoms with E-state index in [0.717, 1.165) is 0 Å². The Kier molecular flexibility index (Phi) is 1.83. The second-order valence-corrected chi connectivity index (χ2v) is 5.10. The molecule has 9 heteroatoms. The Balaban J connectivity index is 0. The van der Waals surface area contributed by atoms with Crippen molar-refractivity contribution in [2.45, 2.75) is 0 Å². The molecule has 0 aliphatic rings. The maximum atomic E-state index is 10.6. The molecule has 0 radical (unpaired) electrons. The zero-order valence-corrected chi connectivity index (χ0v) is 4.67. The second kappa shape index (κ2) is 1.39. The van der Waals surface area contributed by atoms with Crippen LogP contribution in [0.2, 0.25) is 0 Å². The van der Waals surface area contributed by atoms with Crippen molar-refractivity contribution < 1.29 is 33.7 Å². The third-order valence-corrected chi connectivity index (χ3v) is 0.739. The van der Waals surface area contributed by atoms with Gasteiger partial charge in [0.15, 0.2) is 0 Å². The van der Waals surface area contributed by atoms with Crippen LogP contribution in [0.15, 0.2) is 0 Å². The van der Waals surface area contributed by atoms with Crippen molar-refractivity contribution in [1.29, 1.82) is 5.26 Å². The predicted molar refractivity (Wildman–Crippen MR) is 19.4 cm³/mol. The Labute approximate surface area is 73.3 Å². The third kappa shape index (κ3) is 11.4. The number of hydrogen-bond donors (Lipinski definition) is 0. The molecular weight excluding hydrogens is 219 g/mol. The molecule has 0 saturated heterocycles. The summed E-state index contributed by atoms with van der Waals surface area (Å²) in [5.74, 6) is 0. The van der Waals surface area contributed by atoms with Gasteiger partial charge in [-0.25, -0.2) is 0 Å². The quantitative estimate of drug-likeness (QED) is 0.451. The molecule has 0 rings (SSSR count). The van der Waals surface area contributed by atoms with Crippen LogP contribution in [-0.4, -0.2) is 29.6 Å². The number of nitriles is 1. The van der Waals surface area contributed by atoms with Gasteiger partial charge in [0, 0.05) is 0 Å². The van der Waals surface area contributed by atoms with E-state index >= 15 is 0 Å². The van der Waals surface area contributed by atoms with Crippen molar-refractivity contribution in [1.82, 2.24) is 0 Å². The van der Waals surface area contributed by atoms with Crippen LogP contribution in [0.5, 0.6) is 0 Å². The SMILES string of the molecule is N#[C][Fe]([F])([F])([F])([F])([F])[F].[NaH]. The molecule has 0 aromatic rings. The third-order valence-electron chi connectivity index (χ3n) is 0.179. The second-order valence-electron chi connectivity index (χ2n) is 1.24. The van der Waals surface area contributed by atoms with Crippen molar-refractivity contribution in [3.05, 3.63) is 0 Å². The topological polar surface area (TPSA) is 23.8 Å². The van der Waals surface area contributed by atoms with E-state index in [2.05, 4.69) is 0 Å². The van der Waals surface area contributed by atoms with Gasteiger partial charge in [-0.1, -0.05) is 0 Å². The summed E-state index contributed by atoms with van der Waals surface area (Å²) in [5, 5.41) is 6.74. The Bertz CT molecular complexity index is 191. The predicted octanol–water partition coefficient (Wildman–Crippen LogP) is 1.89.